The molecule has 0 aromatic rings. The lowest BCUT2D eigenvalue weighted by molar-refractivity contribution is -0.142. The van der Waals surface area contributed by atoms with Gasteiger partial charge in [0.05, 0.1) is 12.2 Å². The summed E-state index contributed by atoms with van der Waals surface area (Å²) in [6.07, 6.45) is 1.51. The molecule has 1 rings (SSSR count). The van der Waals surface area contributed by atoms with E-state index in [-0.39, 0.29) is 24.2 Å². The molecule has 1 saturated heterocycles. The summed E-state index contributed by atoms with van der Waals surface area (Å²) in [6.45, 7) is 3.66. The average Bonchev–Trinajstić information content (AvgIpc) is 2.61. The highest BCUT2D eigenvalue weighted by molar-refractivity contribution is 5.81. The van der Waals surface area contributed by atoms with Gasteiger partial charge in [-0.3, -0.25) is 4.79 Å². The number of nitrogens with zero attached hydrogens (tertiary/aromatic N) is 2. The number of carbonyl (C=O) groups excluding carboxylic acids is 1. The first-order valence-corrected chi connectivity index (χ1v) is 4.88. The molecule has 1 aliphatic heterocycles. The summed E-state index contributed by atoms with van der Waals surface area (Å²) in [5.74, 6) is -0.0802. The SMILES string of the molecule is CC1CCC(C(=O)N(C)C(C)C#N)O1. The Morgan fingerprint density at radius 1 is 1.64 bits per heavy atom. The van der Waals surface area contributed by atoms with Crippen LogP contribution in [-0.2, 0) is 9.53 Å². The molecule has 0 spiro atoms. The van der Waals surface area contributed by atoms with Crippen LogP contribution in [0.4, 0.5) is 0 Å². The van der Waals surface area contributed by atoms with Gasteiger partial charge in [-0.1, -0.05) is 0 Å². The van der Waals surface area contributed by atoms with Crippen molar-refractivity contribution in [1.82, 2.24) is 4.90 Å². The van der Waals surface area contributed by atoms with Gasteiger partial charge in [-0.05, 0) is 26.7 Å². The van der Waals surface area contributed by atoms with Crippen molar-refractivity contribution in [3.63, 3.8) is 0 Å². The quantitative estimate of drug-likeness (QED) is 0.660. The maximum Gasteiger partial charge on any atom is 0.252 e. The van der Waals surface area contributed by atoms with Gasteiger partial charge in [0.1, 0.15) is 12.1 Å². The van der Waals surface area contributed by atoms with Crippen LogP contribution in [0.3, 0.4) is 0 Å². The van der Waals surface area contributed by atoms with E-state index in [1.165, 1.54) is 4.90 Å². The van der Waals surface area contributed by atoms with Crippen LogP contribution in [0, 0.1) is 11.3 Å². The van der Waals surface area contributed by atoms with Crippen molar-refractivity contribution >= 4 is 5.91 Å². The average molecular weight is 196 g/mol. The number of nitriles is 1. The molecule has 0 saturated carbocycles. The van der Waals surface area contributed by atoms with Crippen molar-refractivity contribution in [2.24, 2.45) is 0 Å². The van der Waals surface area contributed by atoms with E-state index in [4.69, 9.17) is 10.00 Å². The van der Waals surface area contributed by atoms with Crippen LogP contribution in [0.15, 0.2) is 0 Å². The third-order valence-electron chi connectivity index (χ3n) is 2.62. The molecule has 0 aromatic carbocycles. The van der Waals surface area contributed by atoms with Gasteiger partial charge >= 0.3 is 0 Å². The van der Waals surface area contributed by atoms with Crippen molar-refractivity contribution in [1.29, 1.82) is 5.26 Å². The Balaban J connectivity index is 2.53. The van der Waals surface area contributed by atoms with Gasteiger partial charge in [0, 0.05) is 7.05 Å². The minimum atomic E-state index is -0.387. The summed E-state index contributed by atoms with van der Waals surface area (Å²) in [5, 5.41) is 8.66. The zero-order chi connectivity index (χ0) is 10.7. The molecule has 14 heavy (non-hydrogen) atoms. The number of ether oxygens (including phenoxy) is 1. The van der Waals surface area contributed by atoms with Crippen molar-refractivity contribution in [3.8, 4) is 6.07 Å². The summed E-state index contributed by atoms with van der Waals surface area (Å²) in [4.78, 5) is 13.2. The first-order chi connectivity index (χ1) is 6.56. The zero-order valence-electron chi connectivity index (χ0n) is 8.86. The molecule has 0 bridgehead atoms. The van der Waals surface area contributed by atoms with E-state index in [2.05, 4.69) is 0 Å². The van der Waals surface area contributed by atoms with E-state index in [9.17, 15) is 4.79 Å². The fraction of sp³-hybridized carbons (Fsp3) is 0.800. The molecule has 0 radical (unpaired) electrons. The highest BCUT2D eigenvalue weighted by Gasteiger charge is 2.31. The summed E-state index contributed by atoms with van der Waals surface area (Å²) in [6, 6.07) is 1.64. The van der Waals surface area contributed by atoms with Crippen LogP contribution in [0.1, 0.15) is 26.7 Å². The maximum atomic E-state index is 11.7. The van der Waals surface area contributed by atoms with Crippen molar-refractivity contribution in [2.75, 3.05) is 7.05 Å². The van der Waals surface area contributed by atoms with Gasteiger partial charge in [0.2, 0.25) is 0 Å². The molecule has 0 N–H and O–H groups in total. The topological polar surface area (TPSA) is 53.3 Å². The number of rotatable bonds is 2. The van der Waals surface area contributed by atoms with Crippen LogP contribution < -0.4 is 0 Å². The number of likely N-dealkylation sites (N-methyl/N-ethyl adjacent to an activating group) is 1. The maximum absolute atomic E-state index is 11.7. The predicted molar refractivity (Wildman–Crippen MR) is 51.4 cm³/mol. The van der Waals surface area contributed by atoms with Gasteiger partial charge in [0.25, 0.3) is 5.91 Å². The Kier molecular flexibility index (Phi) is 3.48. The molecule has 1 amide bonds. The van der Waals surface area contributed by atoms with Crippen molar-refractivity contribution in [3.05, 3.63) is 0 Å². The molecule has 1 heterocycles. The second-order valence-electron chi connectivity index (χ2n) is 3.77. The van der Waals surface area contributed by atoms with E-state index in [0.29, 0.717) is 0 Å². The lowest BCUT2D eigenvalue weighted by Gasteiger charge is -2.22. The van der Waals surface area contributed by atoms with Gasteiger partial charge in [-0.25, -0.2) is 0 Å². The predicted octanol–water partition coefficient (Wildman–Crippen LogP) is 0.924. The molecule has 4 nitrogen and oxygen atoms in total. The van der Waals surface area contributed by atoms with Crippen LogP contribution in [0.5, 0.6) is 0 Å². The number of carbonyl (C=O) groups is 1. The Morgan fingerprint density at radius 2 is 2.29 bits per heavy atom. The number of amides is 1. The second-order valence-corrected chi connectivity index (χ2v) is 3.77. The standard InChI is InChI=1S/C10H16N2O2/c1-7(6-11)12(3)10(13)9-5-4-8(2)14-9/h7-9H,4-5H2,1-3H3. The molecule has 1 fully saturated rings. The van der Waals surface area contributed by atoms with Crippen LogP contribution >= 0.6 is 0 Å². The number of hydrogen-bond donors (Lipinski definition) is 0. The largest absolute Gasteiger partial charge is 0.365 e. The zero-order valence-corrected chi connectivity index (χ0v) is 8.86. The fourth-order valence-electron chi connectivity index (χ4n) is 1.49. The van der Waals surface area contributed by atoms with E-state index < -0.39 is 0 Å². The molecule has 3 atom stereocenters. The molecular formula is C10H16N2O2. The fourth-order valence-corrected chi connectivity index (χ4v) is 1.49. The minimum Gasteiger partial charge on any atom is -0.365 e. The lowest BCUT2D eigenvalue weighted by atomic mass is 10.2. The second kappa shape index (κ2) is 4.43. The van der Waals surface area contributed by atoms with E-state index >= 15 is 0 Å². The highest BCUT2D eigenvalue weighted by atomic mass is 16.5. The lowest BCUT2D eigenvalue weighted by Crippen LogP contribution is -2.41. The first-order valence-electron chi connectivity index (χ1n) is 4.88. The molecular weight excluding hydrogens is 180 g/mol. The van der Waals surface area contributed by atoms with Gasteiger partial charge < -0.3 is 9.64 Å². The van der Waals surface area contributed by atoms with E-state index in [0.717, 1.165) is 12.8 Å². The van der Waals surface area contributed by atoms with Gasteiger partial charge in [0.15, 0.2) is 0 Å². The third-order valence-corrected chi connectivity index (χ3v) is 2.62. The number of hydrogen-bond acceptors (Lipinski definition) is 3. The third kappa shape index (κ3) is 2.24. The Morgan fingerprint density at radius 3 is 2.71 bits per heavy atom. The Bertz CT molecular complexity index is 259. The summed E-state index contributed by atoms with van der Waals surface area (Å²) in [7, 11) is 1.64. The molecule has 1 aliphatic rings. The summed E-state index contributed by atoms with van der Waals surface area (Å²) in [5.41, 5.74) is 0. The highest BCUT2D eigenvalue weighted by Crippen LogP contribution is 2.20. The summed E-state index contributed by atoms with van der Waals surface area (Å²) >= 11 is 0. The minimum absolute atomic E-state index is 0.0802. The Hall–Kier alpha value is -1.08. The molecule has 0 aromatic heterocycles. The molecule has 0 aliphatic carbocycles. The molecule has 4 heteroatoms. The van der Waals surface area contributed by atoms with Crippen molar-refractivity contribution in [2.45, 2.75) is 44.9 Å². The van der Waals surface area contributed by atoms with Gasteiger partial charge in [-0.15, -0.1) is 0 Å². The van der Waals surface area contributed by atoms with Crippen LogP contribution in [0.2, 0.25) is 0 Å². The van der Waals surface area contributed by atoms with E-state index in [1.807, 2.05) is 13.0 Å². The van der Waals surface area contributed by atoms with E-state index in [1.54, 1.807) is 14.0 Å². The molecule has 3 unspecified atom stereocenters. The normalized spacial score (nSPS) is 28.1. The monoisotopic (exact) mass is 196 g/mol. The first kappa shape index (κ1) is 11.0. The van der Waals surface area contributed by atoms with Crippen LogP contribution in [0.25, 0.3) is 0 Å². The van der Waals surface area contributed by atoms with Gasteiger partial charge in [-0.2, -0.15) is 5.26 Å². The molecule has 78 valence electrons. The smallest absolute Gasteiger partial charge is 0.252 e. The van der Waals surface area contributed by atoms with Crippen molar-refractivity contribution < 1.29 is 9.53 Å². The van der Waals surface area contributed by atoms with Crippen LogP contribution in [-0.4, -0.2) is 36.1 Å². The Labute approximate surface area is 84.4 Å². The summed E-state index contributed by atoms with van der Waals surface area (Å²) < 4.78 is 5.44.